The van der Waals surface area contributed by atoms with Gasteiger partial charge in [-0.2, -0.15) is 5.26 Å². The highest BCUT2D eigenvalue weighted by atomic mass is 79.9. The Morgan fingerprint density at radius 1 is 1.12 bits per heavy atom. The number of hydrogen-bond acceptors (Lipinski definition) is 5. The molecule has 0 radical (unpaired) electrons. The molecule has 0 aliphatic carbocycles. The number of benzene rings is 2. The minimum atomic E-state index is -0.907. The zero-order valence-electron chi connectivity index (χ0n) is 12.8. The first kappa shape index (κ1) is 15.6. The monoisotopic (exact) mass is 394 g/mol. The number of hydrogen-bond donors (Lipinski definition) is 1. The second-order valence-electron chi connectivity index (χ2n) is 5.70. The van der Waals surface area contributed by atoms with Crippen LogP contribution < -0.4 is 10.4 Å². The third-order valence-corrected chi connectivity index (χ3v) is 5.04. The van der Waals surface area contributed by atoms with E-state index in [1.165, 1.54) is 0 Å². The quantitative estimate of drug-likeness (QED) is 0.626. The topological polar surface area (TPSA) is 87.1 Å². The Bertz CT molecular complexity index is 1110. The molecule has 122 valence electrons. The zero-order valence-corrected chi connectivity index (χ0v) is 14.4. The van der Waals surface area contributed by atoms with Gasteiger partial charge in [0.15, 0.2) is 5.75 Å². The van der Waals surface area contributed by atoms with Gasteiger partial charge >= 0.3 is 5.63 Å². The van der Waals surface area contributed by atoms with Gasteiger partial charge in [-0.05, 0) is 23.8 Å². The van der Waals surface area contributed by atoms with E-state index in [0.717, 1.165) is 10.0 Å². The molecule has 0 spiro atoms. The fourth-order valence-electron chi connectivity index (χ4n) is 3.20. The van der Waals surface area contributed by atoms with Gasteiger partial charge in [0.25, 0.3) is 0 Å². The van der Waals surface area contributed by atoms with Crippen molar-refractivity contribution >= 4 is 32.8 Å². The number of nitrogens with one attached hydrogen (secondary N) is 1. The van der Waals surface area contributed by atoms with Crippen LogP contribution in [0.25, 0.3) is 11.0 Å². The van der Waals surface area contributed by atoms with Crippen molar-refractivity contribution < 1.29 is 9.15 Å². The Morgan fingerprint density at radius 3 is 2.60 bits per heavy atom. The molecular formula is C19H11BrN2O3. The first-order chi connectivity index (χ1) is 12.1. The molecule has 0 bridgehead atoms. The highest BCUT2D eigenvalue weighted by Gasteiger charge is 2.41. The summed E-state index contributed by atoms with van der Waals surface area (Å²) in [5.74, 6) is -1.43. The molecule has 2 aromatic carbocycles. The lowest BCUT2D eigenvalue weighted by Crippen LogP contribution is -2.34. The van der Waals surface area contributed by atoms with Crippen LogP contribution in [0.1, 0.15) is 17.0 Å². The predicted molar refractivity (Wildman–Crippen MR) is 95.9 cm³/mol. The van der Waals surface area contributed by atoms with E-state index in [0.29, 0.717) is 16.7 Å². The lowest BCUT2D eigenvalue weighted by molar-refractivity contribution is 0.431. The molecule has 4 rings (SSSR count). The van der Waals surface area contributed by atoms with Crippen LogP contribution >= 0.6 is 15.9 Å². The van der Waals surface area contributed by atoms with E-state index in [-0.39, 0.29) is 11.5 Å². The lowest BCUT2D eigenvalue weighted by Gasteiger charge is -2.30. The first-order valence-electron chi connectivity index (χ1n) is 7.58. The maximum absolute atomic E-state index is 12.7. The van der Waals surface area contributed by atoms with Gasteiger partial charge in [0, 0.05) is 10.4 Å². The van der Waals surface area contributed by atoms with Crippen LogP contribution in [0, 0.1) is 22.7 Å². The molecule has 3 aromatic rings. The van der Waals surface area contributed by atoms with Crippen molar-refractivity contribution in [2.45, 2.75) is 5.92 Å². The van der Waals surface area contributed by atoms with Gasteiger partial charge in [-0.15, -0.1) is 0 Å². The van der Waals surface area contributed by atoms with Crippen molar-refractivity contribution in [2.24, 2.45) is 5.92 Å². The molecule has 1 aliphatic rings. The normalized spacial score (nSPS) is 19.1. The summed E-state index contributed by atoms with van der Waals surface area (Å²) in [6.45, 7) is 0. The molecule has 1 N–H and O–H groups in total. The van der Waals surface area contributed by atoms with E-state index >= 15 is 0 Å². The van der Waals surface area contributed by atoms with Crippen LogP contribution in [0.4, 0.5) is 0 Å². The minimum Gasteiger partial charge on any atom is -0.441 e. The summed E-state index contributed by atoms with van der Waals surface area (Å²) in [4.78, 5) is 12.7. The summed E-state index contributed by atoms with van der Waals surface area (Å²) < 4.78 is 11.8. The molecule has 0 amide bonds. The van der Waals surface area contributed by atoms with Crippen LogP contribution in [-0.2, 0) is 0 Å². The van der Waals surface area contributed by atoms with Gasteiger partial charge in [0.2, 0.25) is 5.90 Å². The minimum absolute atomic E-state index is 0.175. The molecule has 6 heteroatoms. The molecule has 2 unspecified atom stereocenters. The average Bonchev–Trinajstić information content (AvgIpc) is 2.61. The van der Waals surface area contributed by atoms with Crippen molar-refractivity contribution in [2.75, 3.05) is 0 Å². The van der Waals surface area contributed by atoms with Gasteiger partial charge in [-0.1, -0.05) is 46.3 Å². The predicted octanol–water partition coefficient (Wildman–Crippen LogP) is 4.20. The smallest absolute Gasteiger partial charge is 0.343 e. The second-order valence-corrected chi connectivity index (χ2v) is 6.56. The second kappa shape index (κ2) is 5.87. The molecule has 2 heterocycles. The maximum atomic E-state index is 12.7. The average molecular weight is 395 g/mol. The fraction of sp³-hybridized carbons (Fsp3) is 0.105. The number of para-hydroxylation sites is 1. The number of halogens is 1. The van der Waals surface area contributed by atoms with E-state index in [1.54, 1.807) is 24.3 Å². The Balaban J connectivity index is 2.10. The van der Waals surface area contributed by atoms with Crippen LogP contribution in [0.15, 0.2) is 62.2 Å². The standard InChI is InChI=1S/C19H11BrN2O3/c20-13-7-3-1-5-10(13)15-12(9-21)18(22)25-17-11-6-2-4-8-14(11)24-19(23)16(15)17/h1-8,12,15,22H. The molecule has 1 aromatic heterocycles. The van der Waals surface area contributed by atoms with Crippen molar-refractivity contribution in [1.82, 2.24) is 0 Å². The number of nitriles is 1. The Morgan fingerprint density at radius 2 is 1.84 bits per heavy atom. The molecule has 0 saturated carbocycles. The van der Waals surface area contributed by atoms with Crippen molar-refractivity contribution in [3.05, 3.63) is 74.6 Å². The molecule has 5 nitrogen and oxygen atoms in total. The van der Waals surface area contributed by atoms with Crippen LogP contribution in [0.2, 0.25) is 0 Å². The van der Waals surface area contributed by atoms with Gasteiger partial charge < -0.3 is 9.15 Å². The van der Waals surface area contributed by atoms with Crippen LogP contribution in [-0.4, -0.2) is 5.90 Å². The van der Waals surface area contributed by atoms with E-state index in [9.17, 15) is 10.1 Å². The molecular weight excluding hydrogens is 384 g/mol. The third kappa shape index (κ3) is 2.36. The van der Waals surface area contributed by atoms with E-state index < -0.39 is 17.5 Å². The van der Waals surface area contributed by atoms with Crippen LogP contribution in [0.5, 0.6) is 5.75 Å². The van der Waals surface area contributed by atoms with Crippen LogP contribution in [0.3, 0.4) is 0 Å². The first-order valence-corrected chi connectivity index (χ1v) is 8.37. The summed E-state index contributed by atoms with van der Waals surface area (Å²) in [7, 11) is 0. The summed E-state index contributed by atoms with van der Waals surface area (Å²) >= 11 is 3.48. The number of rotatable bonds is 1. The van der Waals surface area contributed by atoms with Gasteiger partial charge in [0.1, 0.15) is 11.5 Å². The SMILES string of the molecule is N#CC1C(=N)Oc2c(c(=O)oc3ccccc23)C1c1ccccc1Br. The largest absolute Gasteiger partial charge is 0.441 e. The van der Waals surface area contributed by atoms with Crippen molar-refractivity contribution in [3.63, 3.8) is 0 Å². The Labute approximate surface area is 151 Å². The molecule has 0 fully saturated rings. The number of nitrogens with zero attached hydrogens (tertiary/aromatic N) is 1. The van der Waals surface area contributed by atoms with E-state index in [2.05, 4.69) is 22.0 Å². The summed E-state index contributed by atoms with van der Waals surface area (Å²) in [5.41, 5.74) is 0.849. The van der Waals surface area contributed by atoms with Gasteiger partial charge in [-0.25, -0.2) is 4.79 Å². The fourth-order valence-corrected chi connectivity index (χ4v) is 3.73. The Kier molecular flexibility index (Phi) is 3.66. The summed E-state index contributed by atoms with van der Waals surface area (Å²) in [6, 6.07) is 16.5. The number of ether oxygens (including phenoxy) is 1. The molecule has 0 saturated heterocycles. The number of fused-ring (bicyclic) bond motifs is 3. The Hall–Kier alpha value is -2.91. The van der Waals surface area contributed by atoms with Gasteiger partial charge in [0.05, 0.1) is 17.0 Å². The van der Waals surface area contributed by atoms with Crippen molar-refractivity contribution in [1.29, 1.82) is 10.7 Å². The summed E-state index contributed by atoms with van der Waals surface area (Å²) in [5, 5.41) is 18.4. The highest BCUT2D eigenvalue weighted by molar-refractivity contribution is 9.10. The summed E-state index contributed by atoms with van der Waals surface area (Å²) in [6.07, 6.45) is 0. The third-order valence-electron chi connectivity index (χ3n) is 4.32. The van der Waals surface area contributed by atoms with Crippen molar-refractivity contribution in [3.8, 4) is 11.8 Å². The maximum Gasteiger partial charge on any atom is 0.343 e. The zero-order chi connectivity index (χ0) is 17.6. The highest BCUT2D eigenvalue weighted by Crippen LogP contribution is 2.45. The lowest BCUT2D eigenvalue weighted by atomic mass is 9.79. The molecule has 2 atom stereocenters. The van der Waals surface area contributed by atoms with E-state index in [4.69, 9.17) is 14.6 Å². The molecule has 1 aliphatic heterocycles. The van der Waals surface area contributed by atoms with Gasteiger partial charge in [-0.3, -0.25) is 5.41 Å². The van der Waals surface area contributed by atoms with E-state index in [1.807, 2.05) is 24.3 Å². The molecule has 25 heavy (non-hydrogen) atoms.